The molecule has 0 atom stereocenters. The fourth-order valence-electron chi connectivity index (χ4n) is 3.95. The van der Waals surface area contributed by atoms with E-state index in [4.69, 9.17) is 4.42 Å². The highest BCUT2D eigenvalue weighted by Gasteiger charge is 2.36. The molecule has 0 aliphatic rings. The molecule has 5 rings (SSSR count). The molecule has 2 N–H and O–H groups in total. The lowest BCUT2D eigenvalue weighted by Crippen LogP contribution is -2.11. The van der Waals surface area contributed by atoms with Crippen LogP contribution in [0.2, 0.25) is 0 Å². The van der Waals surface area contributed by atoms with Gasteiger partial charge in [0.15, 0.2) is 0 Å². The standard InChI is InChI=1S/C24H14F3NO3/c25-24(26,27)15-11-18(30)31-17-12-16(29)21-19(13-7-3-1-4-8-13)22(28-23(21)20(15)17)14-9-5-2-6-10-14/h1-12,28-29H. The molecule has 2 aromatic heterocycles. The van der Waals surface area contributed by atoms with Crippen molar-refractivity contribution in [2.75, 3.05) is 0 Å². The molecule has 0 bridgehead atoms. The number of nitrogens with one attached hydrogen (secondary N) is 1. The molecule has 0 fully saturated rings. The van der Waals surface area contributed by atoms with Gasteiger partial charge in [-0.3, -0.25) is 0 Å². The van der Waals surface area contributed by atoms with E-state index in [0.29, 0.717) is 22.9 Å². The molecule has 31 heavy (non-hydrogen) atoms. The molecular weight excluding hydrogens is 407 g/mol. The Bertz CT molecular complexity index is 1480. The van der Waals surface area contributed by atoms with E-state index in [1.807, 2.05) is 48.5 Å². The van der Waals surface area contributed by atoms with Crippen LogP contribution in [0.25, 0.3) is 44.3 Å². The van der Waals surface area contributed by atoms with Crippen LogP contribution in [0.4, 0.5) is 13.2 Å². The summed E-state index contributed by atoms with van der Waals surface area (Å²) >= 11 is 0. The van der Waals surface area contributed by atoms with Crippen LogP contribution < -0.4 is 5.63 Å². The summed E-state index contributed by atoms with van der Waals surface area (Å²) in [6.07, 6.45) is -4.79. The van der Waals surface area contributed by atoms with Gasteiger partial charge in [-0.2, -0.15) is 13.2 Å². The number of rotatable bonds is 2. The second-order valence-corrected chi connectivity index (χ2v) is 7.10. The van der Waals surface area contributed by atoms with E-state index in [1.165, 1.54) is 0 Å². The highest BCUT2D eigenvalue weighted by Crippen LogP contribution is 2.47. The Morgan fingerprint density at radius 2 is 1.45 bits per heavy atom. The number of hydrogen-bond donors (Lipinski definition) is 2. The molecule has 3 aromatic carbocycles. The van der Waals surface area contributed by atoms with Crippen molar-refractivity contribution in [1.29, 1.82) is 0 Å². The van der Waals surface area contributed by atoms with E-state index in [0.717, 1.165) is 11.6 Å². The molecule has 154 valence electrons. The average Bonchev–Trinajstić information content (AvgIpc) is 3.15. The minimum atomic E-state index is -4.79. The van der Waals surface area contributed by atoms with Crippen LogP contribution in [0.5, 0.6) is 5.75 Å². The van der Waals surface area contributed by atoms with Gasteiger partial charge in [0.2, 0.25) is 0 Å². The van der Waals surface area contributed by atoms with Crippen molar-refractivity contribution in [2.24, 2.45) is 0 Å². The number of aromatic hydroxyl groups is 1. The first kappa shape index (κ1) is 19.0. The van der Waals surface area contributed by atoms with Crippen LogP contribution in [0.15, 0.2) is 82.0 Å². The predicted molar refractivity (Wildman–Crippen MR) is 112 cm³/mol. The SMILES string of the molecule is O=c1cc(C(F)(F)F)c2c(cc(O)c3c(-c4ccccc4)c(-c4ccccc4)[nH]c32)o1. The summed E-state index contributed by atoms with van der Waals surface area (Å²) in [5.74, 6) is -0.290. The van der Waals surface area contributed by atoms with Crippen LogP contribution >= 0.6 is 0 Å². The molecule has 0 saturated carbocycles. The minimum Gasteiger partial charge on any atom is -0.507 e. The predicted octanol–water partition coefficient (Wildman–Crippen LogP) is 6.33. The van der Waals surface area contributed by atoms with Gasteiger partial charge >= 0.3 is 11.8 Å². The summed E-state index contributed by atoms with van der Waals surface area (Å²) in [6, 6.07) is 19.7. The minimum absolute atomic E-state index is 0.0452. The maximum Gasteiger partial charge on any atom is 0.417 e. The van der Waals surface area contributed by atoms with Crippen molar-refractivity contribution >= 4 is 21.9 Å². The number of fused-ring (bicyclic) bond motifs is 3. The highest BCUT2D eigenvalue weighted by atomic mass is 19.4. The third kappa shape index (κ3) is 3.06. The Morgan fingerprint density at radius 1 is 0.839 bits per heavy atom. The van der Waals surface area contributed by atoms with Crippen LogP contribution in [0.1, 0.15) is 5.56 Å². The number of H-pyrrole nitrogens is 1. The van der Waals surface area contributed by atoms with Crippen LogP contribution in [-0.4, -0.2) is 10.1 Å². The van der Waals surface area contributed by atoms with Crippen LogP contribution in [0.3, 0.4) is 0 Å². The molecule has 5 aromatic rings. The third-order valence-electron chi connectivity index (χ3n) is 5.19. The number of benzene rings is 3. The lowest BCUT2D eigenvalue weighted by atomic mass is 9.96. The third-order valence-corrected chi connectivity index (χ3v) is 5.19. The number of phenols is 1. The van der Waals surface area contributed by atoms with Gasteiger partial charge in [-0.15, -0.1) is 0 Å². The number of phenolic OH excluding ortho intramolecular Hbond substituents is 1. The Hall–Kier alpha value is -4.00. The quantitative estimate of drug-likeness (QED) is 0.327. The Balaban J connectivity index is 2.02. The molecule has 0 spiro atoms. The molecule has 0 aliphatic heterocycles. The number of aromatic nitrogens is 1. The Kier molecular flexibility index (Phi) is 4.15. The largest absolute Gasteiger partial charge is 0.507 e. The summed E-state index contributed by atoms with van der Waals surface area (Å²) in [5, 5.41) is 10.7. The first-order valence-corrected chi connectivity index (χ1v) is 9.38. The molecule has 0 unspecified atom stereocenters. The van der Waals surface area contributed by atoms with E-state index in [9.17, 15) is 23.1 Å². The summed E-state index contributed by atoms with van der Waals surface area (Å²) in [6.45, 7) is 0. The Labute approximate surface area is 173 Å². The lowest BCUT2D eigenvalue weighted by molar-refractivity contribution is -0.136. The maximum atomic E-state index is 13.8. The van der Waals surface area contributed by atoms with Crippen molar-refractivity contribution in [3.63, 3.8) is 0 Å². The molecule has 4 nitrogen and oxygen atoms in total. The molecule has 0 saturated heterocycles. The van der Waals surface area contributed by atoms with E-state index < -0.39 is 17.4 Å². The lowest BCUT2D eigenvalue weighted by Gasteiger charge is -2.11. The number of halogens is 3. The monoisotopic (exact) mass is 421 g/mol. The zero-order valence-electron chi connectivity index (χ0n) is 15.8. The molecule has 0 aliphatic carbocycles. The number of hydrogen-bond acceptors (Lipinski definition) is 3. The van der Waals surface area contributed by atoms with Gasteiger partial charge in [-0.05, 0) is 11.1 Å². The highest BCUT2D eigenvalue weighted by molar-refractivity contribution is 6.17. The van der Waals surface area contributed by atoms with Crippen molar-refractivity contribution in [3.05, 3.63) is 88.8 Å². The molecule has 7 heteroatoms. The molecule has 2 heterocycles. The second kappa shape index (κ2) is 6.77. The normalized spacial score (nSPS) is 12.0. The van der Waals surface area contributed by atoms with Gasteiger partial charge in [0.1, 0.15) is 11.3 Å². The first-order valence-electron chi connectivity index (χ1n) is 9.38. The number of alkyl halides is 3. The summed E-state index contributed by atoms with van der Waals surface area (Å²) in [4.78, 5) is 14.8. The van der Waals surface area contributed by atoms with Gasteiger partial charge in [-0.1, -0.05) is 60.7 Å². The molecule has 0 amide bonds. The second-order valence-electron chi connectivity index (χ2n) is 7.10. The molecular formula is C24H14F3NO3. The Morgan fingerprint density at radius 3 is 2.06 bits per heavy atom. The van der Waals surface area contributed by atoms with Crippen molar-refractivity contribution in [2.45, 2.75) is 6.18 Å². The smallest absolute Gasteiger partial charge is 0.417 e. The fourth-order valence-corrected chi connectivity index (χ4v) is 3.95. The van der Waals surface area contributed by atoms with Crippen molar-refractivity contribution in [1.82, 2.24) is 4.98 Å². The van der Waals surface area contributed by atoms with E-state index in [1.54, 1.807) is 12.1 Å². The zero-order chi connectivity index (χ0) is 21.8. The van der Waals surface area contributed by atoms with Crippen LogP contribution in [0, 0.1) is 0 Å². The van der Waals surface area contributed by atoms with Crippen molar-refractivity contribution < 1.29 is 22.7 Å². The molecule has 0 radical (unpaired) electrons. The summed E-state index contributed by atoms with van der Waals surface area (Å²) < 4.78 is 46.5. The van der Waals surface area contributed by atoms with Crippen molar-refractivity contribution in [3.8, 4) is 28.1 Å². The maximum absolute atomic E-state index is 13.8. The first-order chi connectivity index (χ1) is 14.8. The summed E-state index contributed by atoms with van der Waals surface area (Å²) in [5.41, 5.74) is -0.0105. The summed E-state index contributed by atoms with van der Waals surface area (Å²) in [7, 11) is 0. The average molecular weight is 421 g/mol. The van der Waals surface area contributed by atoms with E-state index in [-0.39, 0.29) is 27.6 Å². The number of aromatic amines is 1. The van der Waals surface area contributed by atoms with Gasteiger partial charge in [0.25, 0.3) is 0 Å². The zero-order valence-corrected chi connectivity index (χ0v) is 15.8. The van der Waals surface area contributed by atoms with E-state index in [2.05, 4.69) is 4.98 Å². The van der Waals surface area contributed by atoms with Gasteiger partial charge in [0.05, 0.1) is 27.5 Å². The van der Waals surface area contributed by atoms with Gasteiger partial charge in [-0.25, -0.2) is 4.79 Å². The van der Waals surface area contributed by atoms with Gasteiger partial charge < -0.3 is 14.5 Å². The fraction of sp³-hybridized carbons (Fsp3) is 0.0417. The van der Waals surface area contributed by atoms with Crippen LogP contribution in [-0.2, 0) is 6.18 Å². The topological polar surface area (TPSA) is 66.2 Å². The van der Waals surface area contributed by atoms with Gasteiger partial charge in [0, 0.05) is 17.7 Å². The van der Waals surface area contributed by atoms with E-state index >= 15 is 0 Å².